The van der Waals surface area contributed by atoms with Crippen molar-refractivity contribution in [2.24, 2.45) is 0 Å². The lowest BCUT2D eigenvalue weighted by Crippen LogP contribution is -2.04. The Kier molecular flexibility index (Phi) is 3.22. The summed E-state index contributed by atoms with van der Waals surface area (Å²) in [6.07, 6.45) is 0. The Morgan fingerprint density at radius 3 is 2.94 bits per heavy atom. The molecule has 0 atom stereocenters. The van der Waals surface area contributed by atoms with Gasteiger partial charge >= 0.3 is 5.97 Å². The van der Waals surface area contributed by atoms with E-state index in [1.54, 1.807) is 6.92 Å². The molecule has 0 spiro atoms. The molecule has 0 unspecified atom stereocenters. The first-order chi connectivity index (χ1) is 8.56. The highest BCUT2D eigenvalue weighted by Gasteiger charge is 2.13. The number of carbonyl (C=O) groups is 1. The summed E-state index contributed by atoms with van der Waals surface area (Å²) in [5.74, 6) is -1.21. The van der Waals surface area contributed by atoms with Crippen LogP contribution in [0.25, 0.3) is 0 Å². The van der Waals surface area contributed by atoms with Gasteiger partial charge in [0.25, 0.3) is 5.89 Å². The second-order valence-corrected chi connectivity index (χ2v) is 3.47. The summed E-state index contributed by atoms with van der Waals surface area (Å²) in [5, 5.41) is 12.5. The van der Waals surface area contributed by atoms with Crippen molar-refractivity contribution in [3.05, 3.63) is 41.3 Å². The van der Waals surface area contributed by atoms with Crippen LogP contribution in [0.4, 0.5) is 4.39 Å². The average Bonchev–Trinajstić information content (AvgIpc) is 2.73. The lowest BCUT2D eigenvalue weighted by atomic mass is 10.2. The molecule has 0 amide bonds. The summed E-state index contributed by atoms with van der Waals surface area (Å²) in [4.78, 5) is 14.8. The maximum Gasteiger partial charge on any atom is 0.339 e. The standard InChI is InChI=1S/C11H9FN2O4/c1-6-13-10(18-14-6)5-17-9-3-2-7(12)4-8(9)11(15)16/h2-4H,5H2,1H3,(H,15,16). The zero-order valence-corrected chi connectivity index (χ0v) is 9.38. The number of rotatable bonds is 4. The molecular weight excluding hydrogens is 243 g/mol. The van der Waals surface area contributed by atoms with Gasteiger partial charge in [0.15, 0.2) is 12.4 Å². The Morgan fingerprint density at radius 1 is 1.56 bits per heavy atom. The topological polar surface area (TPSA) is 85.5 Å². The van der Waals surface area contributed by atoms with Crippen LogP contribution in [-0.2, 0) is 6.61 Å². The smallest absolute Gasteiger partial charge is 0.339 e. The lowest BCUT2D eigenvalue weighted by Gasteiger charge is -2.06. The predicted octanol–water partition coefficient (Wildman–Crippen LogP) is 1.79. The van der Waals surface area contributed by atoms with E-state index in [9.17, 15) is 9.18 Å². The molecule has 0 radical (unpaired) electrons. The zero-order valence-electron chi connectivity index (χ0n) is 9.38. The van der Waals surface area contributed by atoms with Crippen molar-refractivity contribution in [3.63, 3.8) is 0 Å². The number of benzene rings is 1. The second-order valence-electron chi connectivity index (χ2n) is 3.47. The molecule has 1 N–H and O–H groups in total. The highest BCUT2D eigenvalue weighted by atomic mass is 19.1. The van der Waals surface area contributed by atoms with Crippen LogP contribution in [0.15, 0.2) is 22.7 Å². The number of hydrogen-bond donors (Lipinski definition) is 1. The summed E-state index contributed by atoms with van der Waals surface area (Å²) >= 11 is 0. The van der Waals surface area contributed by atoms with Crippen molar-refractivity contribution in [1.82, 2.24) is 10.1 Å². The van der Waals surface area contributed by atoms with Gasteiger partial charge in [0.2, 0.25) is 0 Å². The summed E-state index contributed by atoms with van der Waals surface area (Å²) in [6, 6.07) is 3.24. The van der Waals surface area contributed by atoms with Crippen LogP contribution in [0.2, 0.25) is 0 Å². The molecule has 0 saturated carbocycles. The zero-order chi connectivity index (χ0) is 13.1. The van der Waals surface area contributed by atoms with E-state index >= 15 is 0 Å². The van der Waals surface area contributed by atoms with Gasteiger partial charge in [-0.2, -0.15) is 4.98 Å². The molecular formula is C11H9FN2O4. The molecule has 6 nitrogen and oxygen atoms in total. The van der Waals surface area contributed by atoms with Gasteiger partial charge in [-0.05, 0) is 25.1 Å². The van der Waals surface area contributed by atoms with Crippen molar-refractivity contribution < 1.29 is 23.6 Å². The van der Waals surface area contributed by atoms with Crippen molar-refractivity contribution in [1.29, 1.82) is 0 Å². The maximum atomic E-state index is 12.9. The van der Waals surface area contributed by atoms with Gasteiger partial charge in [-0.25, -0.2) is 9.18 Å². The molecule has 1 aromatic heterocycles. The van der Waals surface area contributed by atoms with Crippen molar-refractivity contribution in [2.45, 2.75) is 13.5 Å². The first kappa shape index (κ1) is 12.0. The monoisotopic (exact) mass is 252 g/mol. The van der Waals surface area contributed by atoms with E-state index in [0.29, 0.717) is 5.82 Å². The SMILES string of the molecule is Cc1noc(COc2ccc(F)cc2C(=O)O)n1. The average molecular weight is 252 g/mol. The fraction of sp³-hybridized carbons (Fsp3) is 0.182. The summed E-state index contributed by atoms with van der Waals surface area (Å²) < 4.78 is 22.9. The number of aromatic nitrogens is 2. The number of carboxylic acid groups (broad SMARTS) is 1. The molecule has 0 aliphatic rings. The Morgan fingerprint density at radius 2 is 2.33 bits per heavy atom. The molecule has 7 heteroatoms. The molecule has 18 heavy (non-hydrogen) atoms. The lowest BCUT2D eigenvalue weighted by molar-refractivity contribution is 0.0690. The second kappa shape index (κ2) is 4.82. The number of aryl methyl sites for hydroxylation is 1. The summed E-state index contributed by atoms with van der Waals surface area (Å²) in [7, 11) is 0. The molecule has 1 aromatic carbocycles. The Bertz CT molecular complexity index is 582. The Hall–Kier alpha value is -2.44. The van der Waals surface area contributed by atoms with Crippen LogP contribution in [0, 0.1) is 12.7 Å². The number of nitrogens with zero attached hydrogens (tertiary/aromatic N) is 2. The maximum absolute atomic E-state index is 12.9. The molecule has 94 valence electrons. The van der Waals surface area contributed by atoms with E-state index in [1.165, 1.54) is 6.07 Å². The van der Waals surface area contributed by atoms with E-state index in [4.69, 9.17) is 14.4 Å². The van der Waals surface area contributed by atoms with Gasteiger partial charge < -0.3 is 14.4 Å². The third kappa shape index (κ3) is 2.62. The molecule has 2 rings (SSSR count). The van der Waals surface area contributed by atoms with E-state index < -0.39 is 11.8 Å². The highest BCUT2D eigenvalue weighted by molar-refractivity contribution is 5.90. The first-order valence-corrected chi connectivity index (χ1v) is 5.01. The van der Waals surface area contributed by atoms with Gasteiger partial charge in [-0.15, -0.1) is 0 Å². The number of halogens is 1. The normalized spacial score (nSPS) is 10.3. The van der Waals surface area contributed by atoms with Crippen molar-refractivity contribution >= 4 is 5.97 Å². The van der Waals surface area contributed by atoms with Gasteiger partial charge in [0, 0.05) is 0 Å². The fourth-order valence-electron chi connectivity index (χ4n) is 1.33. The number of ether oxygens (including phenoxy) is 1. The van der Waals surface area contributed by atoms with Crippen LogP contribution < -0.4 is 4.74 Å². The molecule has 2 aromatic rings. The molecule has 0 aliphatic heterocycles. The molecule has 0 aliphatic carbocycles. The van der Waals surface area contributed by atoms with Gasteiger partial charge in [0.05, 0.1) is 0 Å². The third-order valence-corrected chi connectivity index (χ3v) is 2.09. The van der Waals surface area contributed by atoms with E-state index in [-0.39, 0.29) is 23.8 Å². The van der Waals surface area contributed by atoms with Crippen LogP contribution in [0.3, 0.4) is 0 Å². The van der Waals surface area contributed by atoms with Crippen molar-refractivity contribution in [3.8, 4) is 5.75 Å². The van der Waals surface area contributed by atoms with Gasteiger partial charge in [0.1, 0.15) is 17.1 Å². The van der Waals surface area contributed by atoms with Gasteiger partial charge in [-0.3, -0.25) is 0 Å². The number of aromatic carboxylic acids is 1. The summed E-state index contributed by atoms with van der Waals surface area (Å²) in [6.45, 7) is 1.57. The number of carboxylic acids is 1. The van der Waals surface area contributed by atoms with Crippen LogP contribution >= 0.6 is 0 Å². The van der Waals surface area contributed by atoms with E-state index in [2.05, 4.69) is 10.1 Å². The highest BCUT2D eigenvalue weighted by Crippen LogP contribution is 2.20. The van der Waals surface area contributed by atoms with Crippen LogP contribution in [-0.4, -0.2) is 21.2 Å². The summed E-state index contributed by atoms with van der Waals surface area (Å²) in [5.41, 5.74) is -0.258. The van der Waals surface area contributed by atoms with E-state index in [0.717, 1.165) is 12.1 Å². The largest absolute Gasteiger partial charge is 0.483 e. The predicted molar refractivity (Wildman–Crippen MR) is 56.7 cm³/mol. The first-order valence-electron chi connectivity index (χ1n) is 5.01. The quantitative estimate of drug-likeness (QED) is 0.892. The van der Waals surface area contributed by atoms with Gasteiger partial charge in [-0.1, -0.05) is 5.16 Å². The van der Waals surface area contributed by atoms with Crippen LogP contribution in [0.1, 0.15) is 22.1 Å². The van der Waals surface area contributed by atoms with Crippen LogP contribution in [0.5, 0.6) is 5.75 Å². The Labute approximate surface area is 101 Å². The molecule has 0 saturated heterocycles. The Balaban J connectivity index is 2.16. The third-order valence-electron chi connectivity index (χ3n) is 2.09. The molecule has 0 bridgehead atoms. The fourth-order valence-corrected chi connectivity index (χ4v) is 1.33. The minimum Gasteiger partial charge on any atom is -0.483 e. The minimum absolute atomic E-state index is 0.0414. The van der Waals surface area contributed by atoms with E-state index in [1.807, 2.05) is 0 Å². The number of hydrogen-bond acceptors (Lipinski definition) is 5. The minimum atomic E-state index is -1.27. The molecule has 0 fully saturated rings. The molecule has 1 heterocycles. The van der Waals surface area contributed by atoms with Crippen molar-refractivity contribution in [2.75, 3.05) is 0 Å².